The summed E-state index contributed by atoms with van der Waals surface area (Å²) in [6.07, 6.45) is 2.02. The van der Waals surface area contributed by atoms with Crippen molar-refractivity contribution in [1.82, 2.24) is 4.90 Å². The molecule has 1 aliphatic heterocycles. The Labute approximate surface area is 53.2 Å². The molecule has 0 aromatic rings. The summed E-state index contributed by atoms with van der Waals surface area (Å²) in [5, 5.41) is 0.493. The summed E-state index contributed by atoms with van der Waals surface area (Å²) in [6.45, 7) is 2.56. The number of rotatable bonds is 1. The summed E-state index contributed by atoms with van der Waals surface area (Å²) in [5.74, 6) is 0.198. The van der Waals surface area contributed by atoms with Gasteiger partial charge in [-0.25, -0.2) is 0 Å². The second-order valence-corrected chi connectivity index (χ2v) is 2.88. The monoisotopic (exact) mass is 131 g/mol. The normalized spacial score (nSPS) is 25.8. The summed E-state index contributed by atoms with van der Waals surface area (Å²) < 4.78 is 0. The van der Waals surface area contributed by atoms with E-state index in [2.05, 4.69) is 0 Å². The van der Waals surface area contributed by atoms with E-state index in [1.165, 1.54) is 0 Å². The van der Waals surface area contributed by atoms with Crippen molar-refractivity contribution in [1.29, 1.82) is 0 Å². The smallest absolute Gasteiger partial charge is 0.220 e. The first kappa shape index (κ1) is 5.95. The maximum absolute atomic E-state index is 10.5. The minimum Gasteiger partial charge on any atom is -0.326 e. The summed E-state index contributed by atoms with van der Waals surface area (Å²) in [7, 11) is 0. The number of hydrogen-bond donors (Lipinski definition) is 0. The van der Waals surface area contributed by atoms with E-state index in [-0.39, 0.29) is 5.91 Å². The predicted molar refractivity (Wildman–Crippen MR) is 34.7 cm³/mol. The highest BCUT2D eigenvalue weighted by Gasteiger charge is 2.34. The number of amides is 1. The second-order valence-electron chi connectivity index (χ2n) is 1.86. The van der Waals surface area contributed by atoms with Crippen LogP contribution in [0.5, 0.6) is 0 Å². The zero-order valence-electron chi connectivity index (χ0n) is 5.05. The fourth-order valence-electron chi connectivity index (χ4n) is 0.654. The molecule has 1 amide bonds. The summed E-state index contributed by atoms with van der Waals surface area (Å²) in [6, 6.07) is 0. The van der Waals surface area contributed by atoms with Crippen molar-refractivity contribution in [3.63, 3.8) is 0 Å². The van der Waals surface area contributed by atoms with Gasteiger partial charge in [-0.05, 0) is 6.26 Å². The van der Waals surface area contributed by atoms with Crippen LogP contribution < -0.4 is 0 Å². The number of thioether (sulfide) groups is 1. The Balaban J connectivity index is 2.26. The van der Waals surface area contributed by atoms with E-state index in [0.717, 1.165) is 6.54 Å². The van der Waals surface area contributed by atoms with E-state index < -0.39 is 0 Å². The standard InChI is InChI=1S/C5H9NOS/c1-4(7)6-3-5(6)8-2/h5H,3H2,1-2H3. The number of carbonyl (C=O) groups excluding carboxylic acids is 1. The van der Waals surface area contributed by atoms with Crippen molar-refractivity contribution < 1.29 is 4.79 Å². The lowest BCUT2D eigenvalue weighted by Gasteiger charge is -1.92. The van der Waals surface area contributed by atoms with E-state index in [1.54, 1.807) is 18.7 Å². The SMILES string of the molecule is CSC1CN1C(C)=O. The van der Waals surface area contributed by atoms with E-state index in [1.807, 2.05) is 11.2 Å². The van der Waals surface area contributed by atoms with E-state index in [0.29, 0.717) is 5.37 Å². The predicted octanol–water partition coefficient (Wildman–Crippen LogP) is 0.538. The zero-order chi connectivity index (χ0) is 6.15. The van der Waals surface area contributed by atoms with Crippen molar-refractivity contribution in [3.8, 4) is 0 Å². The molecule has 0 spiro atoms. The molecule has 2 nitrogen and oxygen atoms in total. The van der Waals surface area contributed by atoms with Crippen molar-refractivity contribution in [2.75, 3.05) is 12.8 Å². The molecule has 1 rings (SSSR count). The molecule has 1 saturated heterocycles. The fourth-order valence-corrected chi connectivity index (χ4v) is 1.37. The molecule has 1 fully saturated rings. The molecule has 0 N–H and O–H groups in total. The average Bonchev–Trinajstić information content (AvgIpc) is 2.42. The van der Waals surface area contributed by atoms with Gasteiger partial charge < -0.3 is 4.90 Å². The van der Waals surface area contributed by atoms with Gasteiger partial charge in [-0.1, -0.05) is 0 Å². The van der Waals surface area contributed by atoms with Gasteiger partial charge >= 0.3 is 0 Å². The molecule has 1 unspecified atom stereocenters. The first-order valence-electron chi connectivity index (χ1n) is 2.55. The Hall–Kier alpha value is -0.180. The van der Waals surface area contributed by atoms with Crippen LogP contribution in [0, 0.1) is 0 Å². The van der Waals surface area contributed by atoms with Crippen LogP contribution in [0.15, 0.2) is 0 Å². The molecule has 8 heavy (non-hydrogen) atoms. The van der Waals surface area contributed by atoms with Crippen LogP contribution in [0.2, 0.25) is 0 Å². The van der Waals surface area contributed by atoms with Crippen LogP contribution in [-0.4, -0.2) is 29.0 Å². The highest BCUT2D eigenvalue weighted by atomic mass is 32.2. The molecular formula is C5H9NOS. The lowest BCUT2D eigenvalue weighted by Crippen LogP contribution is -2.05. The highest BCUT2D eigenvalue weighted by molar-refractivity contribution is 7.99. The molecule has 0 saturated carbocycles. The molecule has 1 aliphatic rings. The zero-order valence-corrected chi connectivity index (χ0v) is 5.86. The molecule has 0 aromatic carbocycles. The molecule has 1 heterocycles. The Morgan fingerprint density at radius 2 is 2.50 bits per heavy atom. The molecule has 0 radical (unpaired) electrons. The lowest BCUT2D eigenvalue weighted by atomic mass is 10.7. The van der Waals surface area contributed by atoms with Gasteiger partial charge in [0.05, 0.1) is 11.9 Å². The van der Waals surface area contributed by atoms with Gasteiger partial charge in [0.25, 0.3) is 0 Å². The topological polar surface area (TPSA) is 20.1 Å². The summed E-state index contributed by atoms with van der Waals surface area (Å²) >= 11 is 1.73. The fraction of sp³-hybridized carbons (Fsp3) is 0.800. The Bertz CT molecular complexity index is 115. The molecule has 0 aliphatic carbocycles. The van der Waals surface area contributed by atoms with Gasteiger partial charge in [-0.2, -0.15) is 0 Å². The van der Waals surface area contributed by atoms with Crippen molar-refractivity contribution in [3.05, 3.63) is 0 Å². The molecule has 3 heteroatoms. The van der Waals surface area contributed by atoms with Crippen LogP contribution in [0.3, 0.4) is 0 Å². The number of nitrogens with zero attached hydrogens (tertiary/aromatic N) is 1. The van der Waals surface area contributed by atoms with E-state index in [4.69, 9.17) is 0 Å². The van der Waals surface area contributed by atoms with Gasteiger partial charge in [-0.3, -0.25) is 4.79 Å². The van der Waals surface area contributed by atoms with Crippen molar-refractivity contribution in [2.45, 2.75) is 12.3 Å². The second kappa shape index (κ2) is 1.97. The maximum atomic E-state index is 10.5. The third-order valence-electron chi connectivity index (χ3n) is 1.24. The Kier molecular flexibility index (Phi) is 1.47. The van der Waals surface area contributed by atoms with Crippen LogP contribution in [0.4, 0.5) is 0 Å². The minimum absolute atomic E-state index is 0.198. The van der Waals surface area contributed by atoms with Crippen LogP contribution in [0.25, 0.3) is 0 Å². The van der Waals surface area contributed by atoms with Gasteiger partial charge in [-0.15, -0.1) is 11.8 Å². The van der Waals surface area contributed by atoms with Crippen LogP contribution in [-0.2, 0) is 4.79 Å². The first-order chi connectivity index (χ1) is 3.75. The van der Waals surface area contributed by atoms with E-state index in [9.17, 15) is 4.79 Å². The van der Waals surface area contributed by atoms with Crippen LogP contribution in [0.1, 0.15) is 6.92 Å². The van der Waals surface area contributed by atoms with E-state index >= 15 is 0 Å². The molecule has 0 bridgehead atoms. The molecule has 1 atom stereocenters. The maximum Gasteiger partial charge on any atom is 0.220 e. The van der Waals surface area contributed by atoms with Gasteiger partial charge in [0.2, 0.25) is 5.91 Å². The highest BCUT2D eigenvalue weighted by Crippen LogP contribution is 2.26. The third-order valence-corrected chi connectivity index (χ3v) is 2.19. The molecular weight excluding hydrogens is 122 g/mol. The summed E-state index contributed by atoms with van der Waals surface area (Å²) in [5.41, 5.74) is 0. The van der Waals surface area contributed by atoms with Gasteiger partial charge in [0.1, 0.15) is 0 Å². The number of carbonyl (C=O) groups is 1. The quantitative estimate of drug-likeness (QED) is 0.484. The lowest BCUT2D eigenvalue weighted by molar-refractivity contribution is -0.123. The molecule has 0 aromatic heterocycles. The van der Waals surface area contributed by atoms with Crippen LogP contribution >= 0.6 is 11.8 Å². The Morgan fingerprint density at radius 1 is 1.88 bits per heavy atom. The third kappa shape index (κ3) is 0.968. The Morgan fingerprint density at radius 3 is 2.62 bits per heavy atom. The van der Waals surface area contributed by atoms with Crippen molar-refractivity contribution >= 4 is 17.7 Å². The van der Waals surface area contributed by atoms with Crippen molar-refractivity contribution in [2.24, 2.45) is 0 Å². The van der Waals surface area contributed by atoms with Gasteiger partial charge in [0.15, 0.2) is 0 Å². The molecule has 46 valence electrons. The van der Waals surface area contributed by atoms with Gasteiger partial charge in [0, 0.05) is 6.92 Å². The summed E-state index contributed by atoms with van der Waals surface area (Å²) in [4.78, 5) is 12.3. The minimum atomic E-state index is 0.198. The average molecular weight is 131 g/mol. The first-order valence-corrected chi connectivity index (χ1v) is 3.84. The number of hydrogen-bond acceptors (Lipinski definition) is 2. The largest absolute Gasteiger partial charge is 0.326 e.